The van der Waals surface area contributed by atoms with Crippen LogP contribution >= 0.6 is 0 Å². The minimum absolute atomic E-state index is 0.219. The number of benzene rings is 1. The average molecular weight is 288 g/mol. The van der Waals surface area contributed by atoms with Crippen LogP contribution in [-0.4, -0.2) is 28.5 Å². The molecule has 0 saturated heterocycles. The maximum absolute atomic E-state index is 13.9. The van der Waals surface area contributed by atoms with Crippen molar-refractivity contribution in [3.8, 4) is 5.75 Å². The van der Waals surface area contributed by atoms with E-state index >= 15 is 0 Å². The third kappa shape index (κ3) is 2.80. The van der Waals surface area contributed by atoms with Gasteiger partial charge in [0.2, 0.25) is 0 Å². The summed E-state index contributed by atoms with van der Waals surface area (Å²) in [6.45, 7) is 1.98. The molecule has 0 atom stereocenters. The lowest BCUT2D eigenvalue weighted by Crippen LogP contribution is -2.31. The second-order valence-corrected chi connectivity index (χ2v) is 5.10. The molecule has 1 aromatic carbocycles. The van der Waals surface area contributed by atoms with Gasteiger partial charge in [-0.05, 0) is 24.6 Å². The molecule has 6 heteroatoms. The number of ether oxygens (including phenoxy) is 1. The smallest absolute Gasteiger partial charge is 0.130 e. The van der Waals surface area contributed by atoms with Crippen molar-refractivity contribution in [1.82, 2.24) is 14.9 Å². The van der Waals surface area contributed by atoms with E-state index < -0.39 is 0 Å². The number of fused-ring (bicyclic) bond motifs is 1. The summed E-state index contributed by atoms with van der Waals surface area (Å²) in [6, 6.07) is 4.80. The Morgan fingerprint density at radius 2 is 2.24 bits per heavy atom. The highest BCUT2D eigenvalue weighted by Crippen LogP contribution is 2.24. The molecule has 5 nitrogen and oxygen atoms in total. The van der Waals surface area contributed by atoms with Gasteiger partial charge < -0.3 is 10.5 Å². The normalized spacial score (nSPS) is 14.8. The second kappa shape index (κ2) is 5.65. The van der Waals surface area contributed by atoms with Crippen molar-refractivity contribution in [1.29, 1.82) is 0 Å². The van der Waals surface area contributed by atoms with Gasteiger partial charge in [0.1, 0.15) is 23.7 Å². The molecule has 0 aliphatic carbocycles. The van der Waals surface area contributed by atoms with E-state index in [1.165, 1.54) is 12.4 Å². The SMILES string of the molecule is COc1ccc(F)c(CN2CCc3c(N)ncnc3C2)c1. The van der Waals surface area contributed by atoms with Crippen LogP contribution in [0.5, 0.6) is 5.75 Å². The molecular weight excluding hydrogens is 271 g/mol. The molecule has 21 heavy (non-hydrogen) atoms. The number of halogens is 1. The van der Waals surface area contributed by atoms with E-state index in [9.17, 15) is 4.39 Å². The summed E-state index contributed by atoms with van der Waals surface area (Å²) in [5, 5.41) is 0. The van der Waals surface area contributed by atoms with Crippen molar-refractivity contribution in [2.45, 2.75) is 19.5 Å². The zero-order valence-corrected chi connectivity index (χ0v) is 11.8. The van der Waals surface area contributed by atoms with Crippen molar-refractivity contribution in [3.05, 3.63) is 47.2 Å². The van der Waals surface area contributed by atoms with Crippen LogP contribution in [0, 0.1) is 5.82 Å². The number of hydrogen-bond donors (Lipinski definition) is 1. The minimum atomic E-state index is -0.219. The standard InChI is InChI=1S/C15H17FN4O/c1-21-11-2-3-13(16)10(6-11)7-20-5-4-12-14(8-20)18-9-19-15(12)17/h2-3,6,9H,4-5,7-8H2,1H3,(H2,17,18,19). The molecule has 3 rings (SSSR count). The van der Waals surface area contributed by atoms with Crippen molar-refractivity contribution in [2.24, 2.45) is 0 Å². The fraction of sp³-hybridized carbons (Fsp3) is 0.333. The average Bonchev–Trinajstić information content (AvgIpc) is 2.50. The Balaban J connectivity index is 1.78. The summed E-state index contributed by atoms with van der Waals surface area (Å²) in [4.78, 5) is 10.4. The van der Waals surface area contributed by atoms with E-state index in [0.29, 0.717) is 30.2 Å². The quantitative estimate of drug-likeness (QED) is 0.932. The van der Waals surface area contributed by atoms with Crippen LogP contribution in [0.1, 0.15) is 16.8 Å². The van der Waals surface area contributed by atoms with E-state index in [0.717, 1.165) is 24.2 Å². The van der Waals surface area contributed by atoms with Crippen LogP contribution in [0.25, 0.3) is 0 Å². The molecule has 0 radical (unpaired) electrons. The van der Waals surface area contributed by atoms with Crippen LogP contribution < -0.4 is 10.5 Å². The summed E-state index contributed by atoms with van der Waals surface area (Å²) in [7, 11) is 1.58. The number of rotatable bonds is 3. The Kier molecular flexibility index (Phi) is 3.70. The van der Waals surface area contributed by atoms with E-state index in [1.807, 2.05) is 0 Å². The number of hydrogen-bond acceptors (Lipinski definition) is 5. The Morgan fingerprint density at radius 1 is 1.38 bits per heavy atom. The molecule has 0 unspecified atom stereocenters. The second-order valence-electron chi connectivity index (χ2n) is 5.10. The summed E-state index contributed by atoms with van der Waals surface area (Å²) in [5.74, 6) is 0.992. The number of nitrogens with zero attached hydrogens (tertiary/aromatic N) is 3. The Labute approximate surface area is 122 Å². The Bertz CT molecular complexity index is 662. The molecule has 1 aliphatic rings. The summed E-state index contributed by atoms with van der Waals surface area (Å²) in [5.41, 5.74) is 8.42. The van der Waals surface area contributed by atoms with Crippen LogP contribution in [-0.2, 0) is 19.5 Å². The zero-order valence-electron chi connectivity index (χ0n) is 11.8. The molecule has 2 heterocycles. The molecule has 0 fully saturated rings. The van der Waals surface area contributed by atoms with Gasteiger partial charge in [-0.15, -0.1) is 0 Å². The van der Waals surface area contributed by atoms with Gasteiger partial charge in [0.25, 0.3) is 0 Å². The van der Waals surface area contributed by atoms with Gasteiger partial charge in [0.05, 0.1) is 12.8 Å². The highest BCUT2D eigenvalue weighted by molar-refractivity contribution is 5.42. The van der Waals surface area contributed by atoms with Crippen molar-refractivity contribution in [2.75, 3.05) is 19.4 Å². The summed E-state index contributed by atoms with van der Waals surface area (Å²) < 4.78 is 19.0. The summed E-state index contributed by atoms with van der Waals surface area (Å²) in [6.07, 6.45) is 2.26. The molecule has 0 saturated carbocycles. The number of aromatic nitrogens is 2. The number of nitrogen functional groups attached to an aromatic ring is 1. The Morgan fingerprint density at radius 3 is 3.05 bits per heavy atom. The fourth-order valence-electron chi connectivity index (χ4n) is 2.61. The first-order valence-electron chi connectivity index (χ1n) is 6.80. The van der Waals surface area contributed by atoms with Gasteiger partial charge in [-0.25, -0.2) is 14.4 Å². The molecule has 0 bridgehead atoms. The topological polar surface area (TPSA) is 64.3 Å². The maximum atomic E-state index is 13.9. The lowest BCUT2D eigenvalue weighted by Gasteiger charge is -2.28. The largest absolute Gasteiger partial charge is 0.497 e. The third-order valence-corrected chi connectivity index (χ3v) is 3.77. The molecule has 110 valence electrons. The van der Waals surface area contributed by atoms with Crippen molar-refractivity contribution >= 4 is 5.82 Å². The molecule has 0 spiro atoms. The monoisotopic (exact) mass is 288 g/mol. The minimum Gasteiger partial charge on any atom is -0.497 e. The zero-order chi connectivity index (χ0) is 14.8. The molecule has 0 amide bonds. The number of anilines is 1. The lowest BCUT2D eigenvalue weighted by atomic mass is 10.0. The highest BCUT2D eigenvalue weighted by atomic mass is 19.1. The van der Waals surface area contributed by atoms with Crippen molar-refractivity contribution < 1.29 is 9.13 Å². The van der Waals surface area contributed by atoms with E-state index in [4.69, 9.17) is 10.5 Å². The lowest BCUT2D eigenvalue weighted by molar-refractivity contribution is 0.238. The maximum Gasteiger partial charge on any atom is 0.130 e. The van der Waals surface area contributed by atoms with Gasteiger partial charge in [0.15, 0.2) is 0 Å². The van der Waals surface area contributed by atoms with Gasteiger partial charge >= 0.3 is 0 Å². The number of nitrogens with two attached hydrogens (primary N) is 1. The van der Waals surface area contributed by atoms with Crippen LogP contribution in [0.15, 0.2) is 24.5 Å². The first kappa shape index (κ1) is 13.8. The van der Waals surface area contributed by atoms with Gasteiger partial charge in [-0.2, -0.15) is 0 Å². The van der Waals surface area contributed by atoms with E-state index in [1.54, 1.807) is 19.2 Å². The van der Waals surface area contributed by atoms with E-state index in [-0.39, 0.29) is 5.82 Å². The van der Waals surface area contributed by atoms with Crippen molar-refractivity contribution in [3.63, 3.8) is 0 Å². The predicted octanol–water partition coefficient (Wildman–Crippen LogP) is 1.76. The first-order chi connectivity index (χ1) is 10.2. The highest BCUT2D eigenvalue weighted by Gasteiger charge is 2.20. The molecule has 1 aliphatic heterocycles. The fourth-order valence-corrected chi connectivity index (χ4v) is 2.61. The molecule has 2 N–H and O–H groups in total. The van der Waals surface area contributed by atoms with Gasteiger partial charge in [-0.3, -0.25) is 4.90 Å². The summed E-state index contributed by atoms with van der Waals surface area (Å²) >= 11 is 0. The van der Waals surface area contributed by atoms with Crippen LogP contribution in [0.4, 0.5) is 10.2 Å². The Hall–Kier alpha value is -2.21. The van der Waals surface area contributed by atoms with Gasteiger partial charge in [0, 0.05) is 30.8 Å². The molecule has 2 aromatic rings. The molecule has 1 aromatic heterocycles. The van der Waals surface area contributed by atoms with Crippen LogP contribution in [0.3, 0.4) is 0 Å². The van der Waals surface area contributed by atoms with Gasteiger partial charge in [-0.1, -0.05) is 0 Å². The predicted molar refractivity (Wildman–Crippen MR) is 77.2 cm³/mol. The van der Waals surface area contributed by atoms with E-state index in [2.05, 4.69) is 14.9 Å². The number of methoxy groups -OCH3 is 1. The van der Waals surface area contributed by atoms with Crippen LogP contribution in [0.2, 0.25) is 0 Å². The molecular formula is C15H17FN4O. The first-order valence-corrected chi connectivity index (χ1v) is 6.80. The third-order valence-electron chi connectivity index (χ3n) is 3.77.